The van der Waals surface area contributed by atoms with Crippen molar-refractivity contribution in [3.8, 4) is 0 Å². The third-order valence-electron chi connectivity index (χ3n) is 9.37. The zero-order valence-corrected chi connectivity index (χ0v) is 29.2. The molecule has 0 fully saturated rings. The van der Waals surface area contributed by atoms with E-state index in [2.05, 4.69) is 17.6 Å². The lowest BCUT2D eigenvalue weighted by Gasteiger charge is -2.19. The Morgan fingerprint density at radius 1 is 0.824 bits per heavy atom. The summed E-state index contributed by atoms with van der Waals surface area (Å²) in [7, 11) is 0. The van der Waals surface area contributed by atoms with Gasteiger partial charge in [0.05, 0.1) is 22.6 Å². The summed E-state index contributed by atoms with van der Waals surface area (Å²) in [6.07, 6.45) is 10.6. The van der Waals surface area contributed by atoms with Crippen LogP contribution in [0.1, 0.15) is 127 Å². The van der Waals surface area contributed by atoms with Crippen molar-refractivity contribution < 1.29 is 31.5 Å². The van der Waals surface area contributed by atoms with Crippen LogP contribution in [0.2, 0.25) is 5.02 Å². The van der Waals surface area contributed by atoms with E-state index in [9.17, 15) is 36.3 Å². The number of aromatic nitrogens is 1. The van der Waals surface area contributed by atoms with Gasteiger partial charge >= 0.3 is 6.18 Å². The molecule has 1 aromatic heterocycles. The minimum absolute atomic E-state index is 0.0259. The highest BCUT2D eigenvalue weighted by molar-refractivity contribution is 6.31. The van der Waals surface area contributed by atoms with Gasteiger partial charge in [-0.05, 0) is 55.0 Å². The predicted octanol–water partition coefficient (Wildman–Crippen LogP) is 10.7. The summed E-state index contributed by atoms with van der Waals surface area (Å²) in [6, 6.07) is 6.86. The Hall–Kier alpha value is -4.25. The van der Waals surface area contributed by atoms with Crippen molar-refractivity contribution >= 4 is 39.9 Å². The van der Waals surface area contributed by atoms with Crippen LogP contribution in [-0.2, 0) is 12.7 Å². The van der Waals surface area contributed by atoms with E-state index in [1.807, 2.05) is 0 Å². The van der Waals surface area contributed by atoms with Gasteiger partial charge in [-0.2, -0.15) is 13.2 Å². The second-order valence-electron chi connectivity index (χ2n) is 13.1. The van der Waals surface area contributed by atoms with Crippen LogP contribution in [0, 0.1) is 11.6 Å². The number of alkyl halides is 3. The number of carbonyl (C=O) groups is 2. The molecule has 0 unspecified atom stereocenters. The van der Waals surface area contributed by atoms with E-state index in [0.717, 1.165) is 37.8 Å². The number of fused-ring (bicyclic) bond motifs is 3. The molecule has 2 heterocycles. The van der Waals surface area contributed by atoms with Crippen LogP contribution < -0.4 is 16.2 Å². The van der Waals surface area contributed by atoms with Gasteiger partial charge < -0.3 is 15.2 Å². The van der Waals surface area contributed by atoms with Crippen molar-refractivity contribution in [2.45, 2.75) is 103 Å². The van der Waals surface area contributed by atoms with Crippen LogP contribution in [0.5, 0.6) is 0 Å². The Bertz CT molecular complexity index is 1960. The Morgan fingerprint density at radius 3 is 2.12 bits per heavy atom. The van der Waals surface area contributed by atoms with E-state index in [0.29, 0.717) is 18.7 Å². The molecule has 0 radical (unpaired) electrons. The monoisotopic (exact) mass is 729 g/mol. The first-order valence-corrected chi connectivity index (χ1v) is 17.9. The zero-order valence-electron chi connectivity index (χ0n) is 28.4. The fraction of sp³-hybridized carbons (Fsp3) is 0.410. The van der Waals surface area contributed by atoms with Crippen molar-refractivity contribution in [2.24, 2.45) is 0 Å². The topological polar surface area (TPSA) is 80.2 Å². The van der Waals surface area contributed by atoms with E-state index >= 15 is 0 Å². The fourth-order valence-corrected chi connectivity index (χ4v) is 6.95. The maximum absolute atomic E-state index is 14.4. The highest BCUT2D eigenvalue weighted by Gasteiger charge is 2.37. The SMILES string of the molecule is CCCCCCCCCCCCCCn1ccc2c3c(c(NC(=O)c4cc(F)cc(C(F)(F)F)c4)cc2c1=O)[C@H](c1cc(F)ccc1Cl)NC3=O. The summed E-state index contributed by atoms with van der Waals surface area (Å²) < 4.78 is 70.5. The molecule has 4 aromatic rings. The second-order valence-corrected chi connectivity index (χ2v) is 13.5. The highest BCUT2D eigenvalue weighted by atomic mass is 35.5. The molecule has 1 atom stereocenters. The molecule has 2 amide bonds. The van der Waals surface area contributed by atoms with E-state index < -0.39 is 52.4 Å². The van der Waals surface area contributed by atoms with Gasteiger partial charge in [0.1, 0.15) is 11.6 Å². The third kappa shape index (κ3) is 9.16. The average molecular weight is 730 g/mol. The number of halogens is 6. The third-order valence-corrected chi connectivity index (χ3v) is 9.71. The number of nitrogens with zero attached hydrogens (tertiary/aromatic N) is 1. The van der Waals surface area contributed by atoms with Gasteiger partial charge in [-0.3, -0.25) is 14.4 Å². The smallest absolute Gasteiger partial charge is 0.341 e. The molecule has 0 spiro atoms. The molecule has 1 aliphatic rings. The van der Waals surface area contributed by atoms with Crippen molar-refractivity contribution in [1.82, 2.24) is 9.88 Å². The molecule has 5 rings (SSSR count). The minimum Gasteiger partial charge on any atom is -0.341 e. The molecule has 3 aromatic carbocycles. The molecule has 0 saturated carbocycles. The van der Waals surface area contributed by atoms with Crippen LogP contribution in [0.3, 0.4) is 0 Å². The summed E-state index contributed by atoms with van der Waals surface area (Å²) in [6.45, 7) is 2.63. The standard InChI is InChI=1S/C39H41ClF5N3O3/c1-2-3-4-5-6-7-8-9-10-11-12-13-17-48-18-16-28-29(38(48)51)23-32(46-36(49)24-19-25(39(43,44)45)21-27(42)20-24)34-33(28)37(50)47-35(34)30-22-26(41)14-15-31(30)40/h14-16,18-23,35H,2-13,17H2,1H3,(H,46,49)(H,47,50)/t35-/m0/s1. The summed E-state index contributed by atoms with van der Waals surface area (Å²) in [4.78, 5) is 40.7. The number of carbonyl (C=O) groups excluding carboxylic acids is 2. The maximum atomic E-state index is 14.4. The zero-order chi connectivity index (χ0) is 36.7. The van der Waals surface area contributed by atoms with Crippen LogP contribution in [0.25, 0.3) is 10.8 Å². The average Bonchev–Trinajstić information content (AvgIpc) is 3.44. The summed E-state index contributed by atoms with van der Waals surface area (Å²) in [5.74, 6) is -3.67. The summed E-state index contributed by atoms with van der Waals surface area (Å²) in [5.41, 5.74) is -2.20. The van der Waals surface area contributed by atoms with Gasteiger partial charge in [-0.25, -0.2) is 8.78 Å². The quantitative estimate of drug-likeness (QED) is 0.0890. The number of amides is 2. The van der Waals surface area contributed by atoms with Crippen molar-refractivity contribution in [3.63, 3.8) is 0 Å². The van der Waals surface area contributed by atoms with Crippen LogP contribution >= 0.6 is 11.6 Å². The van der Waals surface area contributed by atoms with Gasteiger partial charge in [-0.15, -0.1) is 0 Å². The molecule has 1 aliphatic heterocycles. The van der Waals surface area contributed by atoms with E-state index in [1.165, 1.54) is 68.1 Å². The Labute approximate surface area is 298 Å². The largest absolute Gasteiger partial charge is 0.416 e. The number of anilines is 1. The number of rotatable bonds is 16. The molecule has 0 bridgehead atoms. The Kier molecular flexibility index (Phi) is 12.5. The molecule has 0 saturated heterocycles. The summed E-state index contributed by atoms with van der Waals surface area (Å²) >= 11 is 6.40. The van der Waals surface area contributed by atoms with Crippen LogP contribution in [-0.4, -0.2) is 16.4 Å². The van der Waals surface area contributed by atoms with Crippen LogP contribution in [0.4, 0.5) is 27.6 Å². The van der Waals surface area contributed by atoms with Gasteiger partial charge in [0.2, 0.25) is 0 Å². The molecular weight excluding hydrogens is 689 g/mol. The Morgan fingerprint density at radius 2 is 1.47 bits per heavy atom. The van der Waals surface area contributed by atoms with Gasteiger partial charge in [-0.1, -0.05) is 89.2 Å². The minimum atomic E-state index is -4.92. The highest BCUT2D eigenvalue weighted by Crippen LogP contribution is 2.42. The molecule has 6 nitrogen and oxygen atoms in total. The van der Waals surface area contributed by atoms with Gasteiger partial charge in [0, 0.05) is 45.5 Å². The normalized spacial score (nSPS) is 14.2. The summed E-state index contributed by atoms with van der Waals surface area (Å²) in [5, 5.41) is 5.70. The lowest BCUT2D eigenvalue weighted by Crippen LogP contribution is -2.21. The van der Waals surface area contributed by atoms with Gasteiger partial charge in [0.25, 0.3) is 17.4 Å². The lowest BCUT2D eigenvalue weighted by molar-refractivity contribution is -0.137. The number of unbranched alkanes of at least 4 members (excludes halogenated alkanes) is 11. The second kappa shape index (κ2) is 16.8. The van der Waals surface area contributed by atoms with Crippen molar-refractivity contribution in [3.05, 3.63) is 110 Å². The van der Waals surface area contributed by atoms with E-state index in [1.54, 1.807) is 12.3 Å². The number of hydrogen-bond donors (Lipinski definition) is 2. The first-order chi connectivity index (χ1) is 24.4. The number of aryl methyl sites for hydroxylation is 1. The first kappa shape index (κ1) is 38.0. The predicted molar refractivity (Wildman–Crippen MR) is 189 cm³/mol. The number of nitrogens with one attached hydrogen (secondary N) is 2. The Balaban J connectivity index is 1.41. The number of benzene rings is 3. The molecule has 0 aliphatic carbocycles. The van der Waals surface area contributed by atoms with E-state index in [-0.39, 0.29) is 44.2 Å². The molecule has 2 N–H and O–H groups in total. The van der Waals surface area contributed by atoms with Crippen LogP contribution in [0.15, 0.2) is 59.5 Å². The van der Waals surface area contributed by atoms with Crippen molar-refractivity contribution in [2.75, 3.05) is 5.32 Å². The lowest BCUT2D eigenvalue weighted by atomic mass is 9.92. The molecule has 12 heteroatoms. The maximum Gasteiger partial charge on any atom is 0.416 e. The first-order valence-electron chi connectivity index (χ1n) is 17.5. The van der Waals surface area contributed by atoms with E-state index in [4.69, 9.17) is 11.6 Å². The number of pyridine rings is 1. The molecule has 272 valence electrons. The number of hydrogen-bond acceptors (Lipinski definition) is 3. The molecular formula is C39H41ClF5N3O3. The van der Waals surface area contributed by atoms with Gasteiger partial charge in [0.15, 0.2) is 0 Å². The van der Waals surface area contributed by atoms with Crippen molar-refractivity contribution in [1.29, 1.82) is 0 Å². The fourth-order valence-electron chi connectivity index (χ4n) is 6.72. The molecule has 51 heavy (non-hydrogen) atoms.